The third kappa shape index (κ3) is 2.46. The lowest BCUT2D eigenvalue weighted by Crippen LogP contribution is -2.30. The van der Waals surface area contributed by atoms with Gasteiger partial charge in [-0.1, -0.05) is 0 Å². The minimum atomic E-state index is -0.397. The summed E-state index contributed by atoms with van der Waals surface area (Å²) < 4.78 is 0.655. The first-order valence-electron chi connectivity index (χ1n) is 5.79. The number of aromatic nitrogens is 1. The van der Waals surface area contributed by atoms with E-state index in [1.165, 1.54) is 6.20 Å². The van der Waals surface area contributed by atoms with Gasteiger partial charge in [0.05, 0.1) is 9.40 Å². The molecule has 0 spiro atoms. The van der Waals surface area contributed by atoms with Crippen LogP contribution in [0.2, 0.25) is 0 Å². The molecule has 1 saturated heterocycles. The molecule has 1 aromatic heterocycles. The average Bonchev–Trinajstić information content (AvgIpc) is 2.77. The number of pyridine rings is 1. The second-order valence-electron chi connectivity index (χ2n) is 4.60. The fourth-order valence-electron chi connectivity index (χ4n) is 2.28. The molecule has 1 aliphatic rings. The molecule has 7 heteroatoms. The molecule has 1 aliphatic heterocycles. The highest BCUT2D eigenvalue weighted by molar-refractivity contribution is 9.10. The number of anilines is 1. The van der Waals surface area contributed by atoms with Gasteiger partial charge in [-0.05, 0) is 35.2 Å². The van der Waals surface area contributed by atoms with Gasteiger partial charge in [-0.2, -0.15) is 0 Å². The Morgan fingerprint density at radius 3 is 2.94 bits per heavy atom. The van der Waals surface area contributed by atoms with Gasteiger partial charge in [0, 0.05) is 25.3 Å². The standard InChI is InChI=1S/C11H15BrN4O2/c1-7(13)8-2-3-15(6-8)11-9(12)4-14-5-10(11)16(17)18/h4-5,7-8H,2-3,6,13H2,1H3. The zero-order chi connectivity index (χ0) is 13.3. The van der Waals surface area contributed by atoms with Crippen LogP contribution < -0.4 is 10.6 Å². The monoisotopic (exact) mass is 314 g/mol. The Balaban J connectivity index is 2.32. The van der Waals surface area contributed by atoms with E-state index in [0.29, 0.717) is 16.1 Å². The molecule has 1 fully saturated rings. The molecule has 0 saturated carbocycles. The number of nitrogens with two attached hydrogens (primary N) is 1. The van der Waals surface area contributed by atoms with Crippen molar-refractivity contribution in [1.82, 2.24) is 4.98 Å². The molecular weight excluding hydrogens is 300 g/mol. The van der Waals surface area contributed by atoms with Crippen LogP contribution in [-0.2, 0) is 0 Å². The van der Waals surface area contributed by atoms with Gasteiger partial charge in [-0.25, -0.2) is 0 Å². The molecule has 0 bridgehead atoms. The van der Waals surface area contributed by atoms with Crippen molar-refractivity contribution >= 4 is 27.3 Å². The second-order valence-corrected chi connectivity index (χ2v) is 5.45. The Labute approximate surface area is 113 Å². The SMILES string of the molecule is CC(N)C1CCN(c2c(Br)cncc2[N+](=O)[O-])C1. The van der Waals surface area contributed by atoms with Crippen molar-refractivity contribution in [2.75, 3.05) is 18.0 Å². The summed E-state index contributed by atoms with van der Waals surface area (Å²) in [6.45, 7) is 3.51. The molecule has 0 radical (unpaired) electrons. The van der Waals surface area contributed by atoms with Crippen molar-refractivity contribution in [3.63, 3.8) is 0 Å². The first-order chi connectivity index (χ1) is 8.50. The van der Waals surface area contributed by atoms with Crippen molar-refractivity contribution < 1.29 is 4.92 Å². The van der Waals surface area contributed by atoms with E-state index >= 15 is 0 Å². The van der Waals surface area contributed by atoms with E-state index in [4.69, 9.17) is 5.73 Å². The molecule has 2 heterocycles. The molecule has 98 valence electrons. The molecule has 2 N–H and O–H groups in total. The molecule has 2 rings (SSSR count). The van der Waals surface area contributed by atoms with Gasteiger partial charge in [0.25, 0.3) is 0 Å². The number of halogens is 1. The first kappa shape index (κ1) is 13.2. The zero-order valence-corrected chi connectivity index (χ0v) is 11.6. The Morgan fingerprint density at radius 2 is 2.39 bits per heavy atom. The molecule has 2 atom stereocenters. The smallest absolute Gasteiger partial charge is 0.311 e. The maximum absolute atomic E-state index is 11.0. The number of nitrogens with zero attached hydrogens (tertiary/aromatic N) is 3. The van der Waals surface area contributed by atoms with Gasteiger partial charge < -0.3 is 10.6 Å². The molecule has 1 aromatic rings. The predicted molar refractivity (Wildman–Crippen MR) is 72.6 cm³/mol. The van der Waals surface area contributed by atoms with Gasteiger partial charge >= 0.3 is 5.69 Å². The number of hydrogen-bond donors (Lipinski definition) is 1. The minimum Gasteiger partial charge on any atom is -0.365 e. The highest BCUT2D eigenvalue weighted by atomic mass is 79.9. The lowest BCUT2D eigenvalue weighted by atomic mass is 10.0. The molecule has 0 aromatic carbocycles. The van der Waals surface area contributed by atoms with E-state index in [9.17, 15) is 10.1 Å². The van der Waals surface area contributed by atoms with Gasteiger partial charge in [0.2, 0.25) is 0 Å². The highest BCUT2D eigenvalue weighted by Gasteiger charge is 2.31. The Morgan fingerprint density at radius 1 is 1.67 bits per heavy atom. The summed E-state index contributed by atoms with van der Waals surface area (Å²) in [6.07, 6.45) is 3.84. The summed E-state index contributed by atoms with van der Waals surface area (Å²) in [4.78, 5) is 16.5. The summed E-state index contributed by atoms with van der Waals surface area (Å²) in [5, 5.41) is 11.0. The normalized spacial score (nSPS) is 21.1. The van der Waals surface area contributed by atoms with Crippen LogP contribution in [0, 0.1) is 16.0 Å². The number of rotatable bonds is 3. The molecule has 0 aliphatic carbocycles. The lowest BCUT2D eigenvalue weighted by Gasteiger charge is -2.20. The van der Waals surface area contributed by atoms with Gasteiger partial charge in [-0.15, -0.1) is 0 Å². The van der Waals surface area contributed by atoms with Gasteiger partial charge in [-0.3, -0.25) is 15.1 Å². The van der Waals surface area contributed by atoms with Crippen LogP contribution in [0.4, 0.5) is 11.4 Å². The van der Waals surface area contributed by atoms with Gasteiger partial charge in [0.1, 0.15) is 11.9 Å². The Kier molecular flexibility index (Phi) is 3.82. The maximum atomic E-state index is 11.0. The van der Waals surface area contributed by atoms with Crippen molar-refractivity contribution in [2.24, 2.45) is 11.7 Å². The van der Waals surface area contributed by atoms with Crippen LogP contribution in [0.5, 0.6) is 0 Å². The van der Waals surface area contributed by atoms with Crippen LogP contribution in [0.3, 0.4) is 0 Å². The third-order valence-corrected chi connectivity index (χ3v) is 3.92. The molecule has 0 amide bonds. The van der Waals surface area contributed by atoms with E-state index < -0.39 is 4.92 Å². The topological polar surface area (TPSA) is 85.3 Å². The van der Waals surface area contributed by atoms with Crippen molar-refractivity contribution in [3.05, 3.63) is 27.0 Å². The van der Waals surface area contributed by atoms with Crippen molar-refractivity contribution in [2.45, 2.75) is 19.4 Å². The van der Waals surface area contributed by atoms with Crippen LogP contribution >= 0.6 is 15.9 Å². The average molecular weight is 315 g/mol. The Bertz CT molecular complexity index is 466. The molecule has 18 heavy (non-hydrogen) atoms. The second kappa shape index (κ2) is 5.19. The van der Waals surface area contributed by atoms with E-state index in [1.807, 2.05) is 11.8 Å². The van der Waals surface area contributed by atoms with E-state index in [1.54, 1.807) is 6.20 Å². The van der Waals surface area contributed by atoms with Crippen LogP contribution in [0.15, 0.2) is 16.9 Å². The predicted octanol–water partition coefficient (Wildman–Crippen LogP) is 1.93. The number of nitro groups is 1. The van der Waals surface area contributed by atoms with Crippen molar-refractivity contribution in [1.29, 1.82) is 0 Å². The summed E-state index contributed by atoms with van der Waals surface area (Å²) in [5.74, 6) is 0.379. The minimum absolute atomic E-state index is 0.0368. The molecule has 6 nitrogen and oxygen atoms in total. The quantitative estimate of drug-likeness (QED) is 0.680. The van der Waals surface area contributed by atoms with E-state index in [0.717, 1.165) is 19.5 Å². The largest absolute Gasteiger partial charge is 0.365 e. The maximum Gasteiger partial charge on any atom is 0.311 e. The summed E-state index contributed by atoms with van der Waals surface area (Å²) in [6, 6.07) is 0.106. The fraction of sp³-hybridized carbons (Fsp3) is 0.545. The number of hydrogen-bond acceptors (Lipinski definition) is 5. The van der Waals surface area contributed by atoms with Crippen LogP contribution in [0.25, 0.3) is 0 Å². The van der Waals surface area contributed by atoms with E-state index in [2.05, 4.69) is 20.9 Å². The molecular formula is C11H15BrN4O2. The van der Waals surface area contributed by atoms with Crippen molar-refractivity contribution in [3.8, 4) is 0 Å². The van der Waals surface area contributed by atoms with Gasteiger partial charge in [0.15, 0.2) is 0 Å². The van der Waals surface area contributed by atoms with E-state index in [-0.39, 0.29) is 11.7 Å². The zero-order valence-electron chi connectivity index (χ0n) is 10.0. The first-order valence-corrected chi connectivity index (χ1v) is 6.58. The molecule has 2 unspecified atom stereocenters. The fourth-order valence-corrected chi connectivity index (χ4v) is 2.86. The Hall–Kier alpha value is -1.21. The lowest BCUT2D eigenvalue weighted by molar-refractivity contribution is -0.384. The third-order valence-electron chi connectivity index (χ3n) is 3.33. The highest BCUT2D eigenvalue weighted by Crippen LogP contribution is 2.37. The summed E-state index contributed by atoms with van der Waals surface area (Å²) >= 11 is 3.34. The van der Waals surface area contributed by atoms with Crippen LogP contribution in [-0.4, -0.2) is 29.0 Å². The van der Waals surface area contributed by atoms with Crippen LogP contribution in [0.1, 0.15) is 13.3 Å². The summed E-state index contributed by atoms with van der Waals surface area (Å²) in [5.41, 5.74) is 6.54. The summed E-state index contributed by atoms with van der Waals surface area (Å²) in [7, 11) is 0.